The predicted molar refractivity (Wildman–Crippen MR) is 97.6 cm³/mol. The van der Waals surface area contributed by atoms with Gasteiger partial charge >= 0.3 is 0 Å². The first kappa shape index (κ1) is 17.5. The second-order valence-corrected chi connectivity index (χ2v) is 8.76. The van der Waals surface area contributed by atoms with Crippen molar-refractivity contribution >= 4 is 23.6 Å². The smallest absolute Gasteiger partial charge is 0.246 e. The molecule has 5 nitrogen and oxygen atoms in total. The number of allylic oxidation sites excluding steroid dienone is 2. The van der Waals surface area contributed by atoms with Gasteiger partial charge in [-0.05, 0) is 38.3 Å². The Hall–Kier alpha value is -1.27. The van der Waals surface area contributed by atoms with Gasteiger partial charge in [0.15, 0.2) is 0 Å². The minimum absolute atomic E-state index is 0.0200. The summed E-state index contributed by atoms with van der Waals surface area (Å²) in [6.07, 6.45) is 6.80. The Morgan fingerprint density at radius 1 is 1.33 bits per heavy atom. The van der Waals surface area contributed by atoms with Crippen LogP contribution in [0.4, 0.5) is 0 Å². The van der Waals surface area contributed by atoms with Crippen molar-refractivity contribution in [3.05, 3.63) is 23.1 Å². The molecule has 0 aliphatic carbocycles. The van der Waals surface area contributed by atoms with Crippen molar-refractivity contribution in [2.45, 2.75) is 37.6 Å². The summed E-state index contributed by atoms with van der Waals surface area (Å²) in [5.41, 5.74) is 0. The van der Waals surface area contributed by atoms with Crippen LogP contribution in [0.3, 0.4) is 0 Å². The average Bonchev–Trinajstić information content (AvgIpc) is 2.84. The number of amides is 2. The van der Waals surface area contributed by atoms with Crippen LogP contribution < -0.4 is 0 Å². The first-order valence-electron chi connectivity index (χ1n) is 8.64. The standard InChI is InChI=1S/C18H27N3O2S/c1-12-8-13(2)24-17(12)18(23)20-10-14-9-15(11-20)21(14)16(22)6-5-7-19(3)4/h5-6,8,12,14-15,17H,7,9-11H2,1-4H3/b6-5+. The second kappa shape index (κ2) is 6.92. The molecule has 0 radical (unpaired) electrons. The van der Waals surface area contributed by atoms with Crippen LogP contribution in [0.2, 0.25) is 0 Å². The van der Waals surface area contributed by atoms with E-state index in [4.69, 9.17) is 0 Å². The van der Waals surface area contributed by atoms with Gasteiger partial charge < -0.3 is 14.7 Å². The van der Waals surface area contributed by atoms with E-state index in [0.29, 0.717) is 19.0 Å². The van der Waals surface area contributed by atoms with Crippen LogP contribution in [-0.4, -0.2) is 77.6 Å². The normalized spacial score (nSPS) is 32.3. The van der Waals surface area contributed by atoms with Crippen molar-refractivity contribution in [2.24, 2.45) is 5.92 Å². The van der Waals surface area contributed by atoms with E-state index in [0.717, 1.165) is 13.0 Å². The number of piperazine rings is 1. The molecule has 4 atom stereocenters. The number of carbonyl (C=O) groups excluding carboxylic acids is 2. The van der Waals surface area contributed by atoms with Crippen molar-refractivity contribution in [3.8, 4) is 0 Å². The summed E-state index contributed by atoms with van der Waals surface area (Å²) in [5.74, 6) is 0.629. The van der Waals surface area contributed by atoms with E-state index < -0.39 is 0 Å². The van der Waals surface area contributed by atoms with E-state index in [1.54, 1.807) is 17.8 Å². The summed E-state index contributed by atoms with van der Waals surface area (Å²) in [5, 5.41) is 0.0200. The highest BCUT2D eigenvalue weighted by Crippen LogP contribution is 2.39. The van der Waals surface area contributed by atoms with Crippen molar-refractivity contribution in [3.63, 3.8) is 0 Å². The van der Waals surface area contributed by atoms with E-state index in [1.165, 1.54) is 4.91 Å². The Balaban J connectivity index is 1.55. The number of likely N-dealkylation sites (N-methyl/N-ethyl adjacent to an activating group) is 1. The maximum absolute atomic E-state index is 12.8. The summed E-state index contributed by atoms with van der Waals surface area (Å²) >= 11 is 1.69. The van der Waals surface area contributed by atoms with E-state index >= 15 is 0 Å². The fourth-order valence-electron chi connectivity index (χ4n) is 3.86. The van der Waals surface area contributed by atoms with Gasteiger partial charge in [0.05, 0.1) is 17.3 Å². The highest BCUT2D eigenvalue weighted by atomic mass is 32.2. The zero-order valence-corrected chi connectivity index (χ0v) is 15.8. The van der Waals surface area contributed by atoms with Crippen molar-refractivity contribution in [2.75, 3.05) is 33.7 Å². The highest BCUT2D eigenvalue weighted by molar-refractivity contribution is 8.04. The summed E-state index contributed by atoms with van der Waals surface area (Å²) in [7, 11) is 3.96. The molecule has 0 aromatic heterocycles. The Morgan fingerprint density at radius 3 is 2.54 bits per heavy atom. The van der Waals surface area contributed by atoms with Gasteiger partial charge in [-0.3, -0.25) is 9.59 Å². The number of thioether (sulfide) groups is 1. The lowest BCUT2D eigenvalue weighted by Gasteiger charge is -2.56. The molecular weight excluding hydrogens is 322 g/mol. The molecule has 4 aliphatic rings. The molecule has 4 heterocycles. The third-order valence-corrected chi connectivity index (χ3v) is 6.41. The van der Waals surface area contributed by atoms with Gasteiger partial charge in [0, 0.05) is 25.7 Å². The fraction of sp³-hybridized carbons (Fsp3) is 0.667. The van der Waals surface area contributed by atoms with Crippen LogP contribution >= 0.6 is 11.8 Å². The van der Waals surface area contributed by atoms with Gasteiger partial charge in [-0.1, -0.05) is 19.1 Å². The van der Waals surface area contributed by atoms with Crippen LogP contribution in [0.15, 0.2) is 23.1 Å². The van der Waals surface area contributed by atoms with Crippen molar-refractivity contribution in [1.82, 2.24) is 14.7 Å². The molecule has 0 aromatic carbocycles. The molecule has 0 N–H and O–H groups in total. The summed E-state index contributed by atoms with van der Waals surface area (Å²) in [6, 6.07) is 0.389. The van der Waals surface area contributed by atoms with E-state index in [2.05, 4.69) is 19.9 Å². The van der Waals surface area contributed by atoms with Crippen LogP contribution in [0.1, 0.15) is 20.3 Å². The molecule has 6 heteroatoms. The SMILES string of the molecule is CC1=CC(C)C(C(=O)N2CC3CC(C2)N3C(=O)/C=C/CN(C)C)S1. The minimum Gasteiger partial charge on any atom is -0.338 e. The molecule has 0 spiro atoms. The quantitative estimate of drug-likeness (QED) is 0.723. The number of nitrogens with zero attached hydrogens (tertiary/aromatic N) is 3. The summed E-state index contributed by atoms with van der Waals surface area (Å²) in [6.45, 7) is 6.32. The number of hydrogen-bond donors (Lipinski definition) is 0. The van der Waals surface area contributed by atoms with Gasteiger partial charge in [-0.15, -0.1) is 11.8 Å². The summed E-state index contributed by atoms with van der Waals surface area (Å²) < 4.78 is 0. The lowest BCUT2D eigenvalue weighted by atomic mass is 9.86. The zero-order chi connectivity index (χ0) is 17.4. The summed E-state index contributed by atoms with van der Waals surface area (Å²) in [4.78, 5) is 32.4. The number of fused-ring (bicyclic) bond motifs is 2. The monoisotopic (exact) mass is 349 g/mol. The molecule has 132 valence electrons. The van der Waals surface area contributed by atoms with Gasteiger partial charge in [-0.2, -0.15) is 0 Å². The highest BCUT2D eigenvalue weighted by Gasteiger charge is 2.49. The number of carbonyl (C=O) groups is 2. The van der Waals surface area contributed by atoms with Crippen LogP contribution in [0.25, 0.3) is 0 Å². The molecule has 4 aliphatic heterocycles. The van der Waals surface area contributed by atoms with Crippen LogP contribution in [-0.2, 0) is 9.59 Å². The molecule has 3 saturated heterocycles. The van der Waals surface area contributed by atoms with Gasteiger partial charge in [-0.25, -0.2) is 0 Å². The van der Waals surface area contributed by atoms with Gasteiger partial charge in [0.2, 0.25) is 11.8 Å². The van der Waals surface area contributed by atoms with Gasteiger partial charge in [0.25, 0.3) is 0 Å². The van der Waals surface area contributed by atoms with E-state index in [1.807, 2.05) is 34.9 Å². The Labute approximate surface area is 148 Å². The molecule has 2 bridgehead atoms. The van der Waals surface area contributed by atoms with Gasteiger partial charge in [0.1, 0.15) is 0 Å². The lowest BCUT2D eigenvalue weighted by Crippen LogP contribution is -2.71. The number of hydrogen-bond acceptors (Lipinski definition) is 4. The lowest BCUT2D eigenvalue weighted by molar-refractivity contribution is -0.156. The molecule has 4 rings (SSSR count). The minimum atomic E-state index is 0.0200. The zero-order valence-electron chi connectivity index (χ0n) is 14.9. The molecule has 24 heavy (non-hydrogen) atoms. The first-order valence-corrected chi connectivity index (χ1v) is 9.52. The Bertz CT molecular complexity index is 575. The van der Waals surface area contributed by atoms with Crippen molar-refractivity contribution in [1.29, 1.82) is 0 Å². The topological polar surface area (TPSA) is 43.9 Å². The average molecular weight is 350 g/mol. The molecule has 4 unspecified atom stereocenters. The van der Waals surface area contributed by atoms with E-state index in [9.17, 15) is 9.59 Å². The molecule has 3 fully saturated rings. The molecule has 2 amide bonds. The predicted octanol–water partition coefficient (Wildman–Crippen LogP) is 1.57. The maximum atomic E-state index is 12.8. The molecular formula is C18H27N3O2S. The third-order valence-electron chi connectivity index (χ3n) is 5.02. The second-order valence-electron chi connectivity index (χ2n) is 7.37. The Kier molecular flexibility index (Phi) is 5.06. The molecule has 0 aromatic rings. The first-order chi connectivity index (χ1) is 11.4. The van der Waals surface area contributed by atoms with Crippen LogP contribution in [0.5, 0.6) is 0 Å². The molecule has 0 saturated carbocycles. The third kappa shape index (κ3) is 3.40. The Morgan fingerprint density at radius 2 is 2.00 bits per heavy atom. The number of rotatable bonds is 4. The van der Waals surface area contributed by atoms with E-state index in [-0.39, 0.29) is 29.1 Å². The van der Waals surface area contributed by atoms with Crippen molar-refractivity contribution < 1.29 is 9.59 Å². The number of piperidine rings is 1. The fourth-order valence-corrected chi connectivity index (χ4v) is 5.10. The maximum Gasteiger partial charge on any atom is 0.246 e. The largest absolute Gasteiger partial charge is 0.338 e. The van der Waals surface area contributed by atoms with Crippen LogP contribution in [0, 0.1) is 5.92 Å².